The molecule has 6 heteroatoms. The maximum absolute atomic E-state index is 12.3. The van der Waals surface area contributed by atoms with E-state index >= 15 is 0 Å². The first-order chi connectivity index (χ1) is 11.2. The van der Waals surface area contributed by atoms with Crippen molar-refractivity contribution in [1.82, 2.24) is 15.4 Å². The standard InChI is InChI=1S/C17H27N3O3/c1-2-6-12-11-14(19-23-12)17(22)18-13-7-5-8-15(16(13)21)20-9-3-4-10-20/h11,13,15-16,21H,2-10H2,1H3,(H,18,22)/t13-,15-,16-/m1/s1. The number of carbonyl (C=O) groups is 1. The lowest BCUT2D eigenvalue weighted by Crippen LogP contribution is -2.56. The molecule has 128 valence electrons. The van der Waals surface area contributed by atoms with Crippen LogP contribution in [0.15, 0.2) is 10.6 Å². The van der Waals surface area contributed by atoms with Gasteiger partial charge in [-0.3, -0.25) is 9.69 Å². The number of rotatable bonds is 5. The van der Waals surface area contributed by atoms with Crippen molar-refractivity contribution in [2.24, 2.45) is 0 Å². The molecule has 1 aliphatic carbocycles. The highest BCUT2D eigenvalue weighted by molar-refractivity contribution is 5.92. The maximum Gasteiger partial charge on any atom is 0.273 e. The Bertz CT molecular complexity index is 525. The number of nitrogens with one attached hydrogen (secondary N) is 1. The van der Waals surface area contributed by atoms with Crippen molar-refractivity contribution >= 4 is 5.91 Å². The van der Waals surface area contributed by atoms with Crippen molar-refractivity contribution in [3.05, 3.63) is 17.5 Å². The molecule has 0 bridgehead atoms. The van der Waals surface area contributed by atoms with Crippen molar-refractivity contribution in [2.45, 2.75) is 70.1 Å². The molecule has 1 saturated carbocycles. The van der Waals surface area contributed by atoms with E-state index in [1.807, 2.05) is 0 Å². The van der Waals surface area contributed by atoms with Gasteiger partial charge in [0.05, 0.1) is 12.1 Å². The van der Waals surface area contributed by atoms with Gasteiger partial charge in [-0.1, -0.05) is 12.1 Å². The van der Waals surface area contributed by atoms with Crippen molar-refractivity contribution in [2.75, 3.05) is 13.1 Å². The van der Waals surface area contributed by atoms with E-state index in [4.69, 9.17) is 4.52 Å². The minimum Gasteiger partial charge on any atom is -0.389 e. The van der Waals surface area contributed by atoms with Crippen molar-refractivity contribution in [1.29, 1.82) is 0 Å². The number of aromatic nitrogens is 1. The van der Waals surface area contributed by atoms with Crippen LogP contribution in [0, 0.1) is 0 Å². The highest BCUT2D eigenvalue weighted by atomic mass is 16.5. The van der Waals surface area contributed by atoms with Crippen molar-refractivity contribution in [3.63, 3.8) is 0 Å². The number of hydrogen-bond acceptors (Lipinski definition) is 5. The van der Waals surface area contributed by atoms with E-state index in [0.717, 1.165) is 51.0 Å². The lowest BCUT2D eigenvalue weighted by Gasteiger charge is -2.39. The Hall–Kier alpha value is -1.40. The predicted molar refractivity (Wildman–Crippen MR) is 86.2 cm³/mol. The van der Waals surface area contributed by atoms with E-state index in [2.05, 4.69) is 22.3 Å². The summed E-state index contributed by atoms with van der Waals surface area (Å²) in [4.78, 5) is 14.7. The molecule has 1 saturated heterocycles. The summed E-state index contributed by atoms with van der Waals surface area (Å²) in [6.45, 7) is 4.18. The Morgan fingerprint density at radius 1 is 1.39 bits per heavy atom. The van der Waals surface area contributed by atoms with Crippen LogP contribution in [0.2, 0.25) is 0 Å². The van der Waals surface area contributed by atoms with Crippen molar-refractivity contribution < 1.29 is 14.4 Å². The molecule has 1 aromatic heterocycles. The monoisotopic (exact) mass is 321 g/mol. The molecule has 2 heterocycles. The Kier molecular flexibility index (Phi) is 5.33. The number of aliphatic hydroxyl groups excluding tert-OH is 1. The molecular formula is C17H27N3O3. The second kappa shape index (κ2) is 7.45. The summed E-state index contributed by atoms with van der Waals surface area (Å²) < 4.78 is 5.16. The van der Waals surface area contributed by atoms with Gasteiger partial charge < -0.3 is 14.9 Å². The van der Waals surface area contributed by atoms with Crippen LogP contribution in [0.1, 0.15) is 61.7 Å². The second-order valence-electron chi connectivity index (χ2n) is 6.74. The summed E-state index contributed by atoms with van der Waals surface area (Å²) >= 11 is 0. The third-order valence-corrected chi connectivity index (χ3v) is 5.04. The summed E-state index contributed by atoms with van der Waals surface area (Å²) in [5.74, 6) is 0.485. The molecular weight excluding hydrogens is 294 g/mol. The van der Waals surface area contributed by atoms with Crippen molar-refractivity contribution in [3.8, 4) is 0 Å². The fourth-order valence-corrected chi connectivity index (χ4v) is 3.81. The number of aliphatic hydroxyl groups is 1. The molecule has 1 amide bonds. The third-order valence-electron chi connectivity index (χ3n) is 5.04. The zero-order valence-electron chi connectivity index (χ0n) is 13.8. The first-order valence-electron chi connectivity index (χ1n) is 8.87. The molecule has 2 aliphatic rings. The molecule has 1 aliphatic heterocycles. The maximum atomic E-state index is 12.3. The Morgan fingerprint density at radius 3 is 2.91 bits per heavy atom. The summed E-state index contributed by atoms with van der Waals surface area (Å²) in [5.41, 5.74) is 0.309. The first kappa shape index (κ1) is 16.5. The van der Waals surface area contributed by atoms with E-state index in [1.54, 1.807) is 6.07 Å². The second-order valence-corrected chi connectivity index (χ2v) is 6.74. The van der Waals surface area contributed by atoms with Gasteiger partial charge >= 0.3 is 0 Å². The molecule has 0 spiro atoms. The minimum atomic E-state index is -0.507. The van der Waals surface area contributed by atoms with E-state index in [1.165, 1.54) is 12.8 Å². The lowest BCUT2D eigenvalue weighted by molar-refractivity contribution is 0.00693. The normalized spacial score (nSPS) is 28.9. The number of aryl methyl sites for hydroxylation is 1. The van der Waals surface area contributed by atoms with Crippen LogP contribution in [0.25, 0.3) is 0 Å². The smallest absolute Gasteiger partial charge is 0.273 e. The Balaban J connectivity index is 1.60. The SMILES string of the molecule is CCCc1cc(C(=O)N[C@@H]2CCC[C@@H](N3CCCC3)[C@@H]2O)no1. The van der Waals surface area contributed by atoms with E-state index in [0.29, 0.717) is 5.69 Å². The van der Waals surface area contributed by atoms with Gasteiger partial charge in [-0.15, -0.1) is 0 Å². The van der Waals surface area contributed by atoms with Crippen LogP contribution in [0.3, 0.4) is 0 Å². The zero-order valence-corrected chi connectivity index (χ0v) is 13.8. The van der Waals surface area contributed by atoms with E-state index < -0.39 is 6.10 Å². The van der Waals surface area contributed by atoms with Crippen LogP contribution in [-0.4, -0.2) is 52.3 Å². The Morgan fingerprint density at radius 2 is 2.17 bits per heavy atom. The van der Waals surface area contributed by atoms with Crippen LogP contribution in [-0.2, 0) is 6.42 Å². The molecule has 2 fully saturated rings. The van der Waals surface area contributed by atoms with E-state index in [-0.39, 0.29) is 18.0 Å². The molecule has 1 aromatic rings. The van der Waals surface area contributed by atoms with Gasteiger partial charge in [0.2, 0.25) is 0 Å². The fraction of sp³-hybridized carbons (Fsp3) is 0.765. The van der Waals surface area contributed by atoms with Crippen LogP contribution < -0.4 is 5.32 Å². The van der Waals surface area contributed by atoms with Crippen LogP contribution in [0.5, 0.6) is 0 Å². The molecule has 0 unspecified atom stereocenters. The fourth-order valence-electron chi connectivity index (χ4n) is 3.81. The summed E-state index contributed by atoms with van der Waals surface area (Å²) in [6.07, 6.45) is 6.50. The molecule has 0 aromatic carbocycles. The highest BCUT2D eigenvalue weighted by Gasteiger charge is 2.37. The molecule has 3 rings (SSSR count). The number of nitrogens with zero attached hydrogens (tertiary/aromatic N) is 2. The molecule has 2 N–H and O–H groups in total. The molecule has 3 atom stereocenters. The number of hydrogen-bond donors (Lipinski definition) is 2. The summed E-state index contributed by atoms with van der Waals surface area (Å²) in [5, 5.41) is 17.5. The average Bonchev–Trinajstić information content (AvgIpc) is 3.21. The minimum absolute atomic E-state index is 0.171. The van der Waals surface area contributed by atoms with Gasteiger partial charge in [-0.25, -0.2) is 0 Å². The van der Waals surface area contributed by atoms with Crippen LogP contribution in [0.4, 0.5) is 0 Å². The largest absolute Gasteiger partial charge is 0.389 e. The highest BCUT2D eigenvalue weighted by Crippen LogP contribution is 2.26. The van der Waals surface area contributed by atoms with Gasteiger partial charge in [-0.2, -0.15) is 0 Å². The van der Waals surface area contributed by atoms with Gasteiger partial charge in [0.1, 0.15) is 5.76 Å². The van der Waals surface area contributed by atoms with Gasteiger partial charge in [0.25, 0.3) is 5.91 Å². The van der Waals surface area contributed by atoms with Gasteiger partial charge in [0.15, 0.2) is 5.69 Å². The van der Waals surface area contributed by atoms with Gasteiger partial charge in [-0.05, 0) is 51.6 Å². The average molecular weight is 321 g/mol. The predicted octanol–water partition coefficient (Wildman–Crippen LogP) is 1.73. The van der Waals surface area contributed by atoms with E-state index in [9.17, 15) is 9.90 Å². The molecule has 6 nitrogen and oxygen atoms in total. The number of amides is 1. The molecule has 23 heavy (non-hydrogen) atoms. The Labute approximate surface area is 137 Å². The molecule has 0 radical (unpaired) electrons. The topological polar surface area (TPSA) is 78.6 Å². The van der Waals surface area contributed by atoms with Crippen LogP contribution >= 0.6 is 0 Å². The first-order valence-corrected chi connectivity index (χ1v) is 8.87. The number of likely N-dealkylation sites (tertiary alicyclic amines) is 1. The summed E-state index contributed by atoms with van der Waals surface area (Å²) in [7, 11) is 0. The number of carbonyl (C=O) groups excluding carboxylic acids is 1. The van der Waals surface area contributed by atoms with Gasteiger partial charge in [0, 0.05) is 18.5 Å². The zero-order chi connectivity index (χ0) is 16.2. The summed E-state index contributed by atoms with van der Waals surface area (Å²) in [6, 6.07) is 1.67. The lowest BCUT2D eigenvalue weighted by atomic mass is 9.87. The third kappa shape index (κ3) is 3.75. The quantitative estimate of drug-likeness (QED) is 0.863.